The van der Waals surface area contributed by atoms with E-state index in [9.17, 15) is 8.78 Å². The van der Waals surface area contributed by atoms with Crippen LogP contribution in [0.1, 0.15) is 18.5 Å². The average Bonchev–Trinajstić information content (AvgIpc) is 2.36. The summed E-state index contributed by atoms with van der Waals surface area (Å²) < 4.78 is 27.5. The number of rotatable bonds is 3. The fraction of sp³-hybridized carbons (Fsp3) is 0.143. The van der Waals surface area contributed by atoms with Crippen LogP contribution in [0.5, 0.6) is 0 Å². The maximum Gasteiger partial charge on any atom is 0.128 e. The summed E-state index contributed by atoms with van der Waals surface area (Å²) in [7, 11) is 0. The smallest absolute Gasteiger partial charge is 0.128 e. The molecule has 2 aromatic carbocycles. The van der Waals surface area contributed by atoms with Gasteiger partial charge in [-0.1, -0.05) is 11.6 Å². The topological polar surface area (TPSA) is 12.0 Å². The van der Waals surface area contributed by atoms with Gasteiger partial charge in [-0.05, 0) is 59.3 Å². The van der Waals surface area contributed by atoms with Crippen molar-refractivity contribution in [1.29, 1.82) is 0 Å². The molecule has 0 aliphatic rings. The van der Waals surface area contributed by atoms with Crippen molar-refractivity contribution in [3.63, 3.8) is 0 Å². The van der Waals surface area contributed by atoms with E-state index in [2.05, 4.69) is 21.2 Å². The van der Waals surface area contributed by atoms with Crippen molar-refractivity contribution >= 4 is 33.2 Å². The summed E-state index contributed by atoms with van der Waals surface area (Å²) in [4.78, 5) is 0. The lowest BCUT2D eigenvalue weighted by Crippen LogP contribution is -2.09. The Kier molecular flexibility index (Phi) is 4.42. The van der Waals surface area contributed by atoms with E-state index in [0.29, 0.717) is 5.02 Å². The molecule has 1 atom stereocenters. The van der Waals surface area contributed by atoms with Crippen LogP contribution in [0.25, 0.3) is 0 Å². The van der Waals surface area contributed by atoms with Crippen molar-refractivity contribution in [3.05, 3.63) is 63.1 Å². The number of halogens is 4. The second-order valence-electron chi connectivity index (χ2n) is 4.16. The molecule has 0 spiro atoms. The largest absolute Gasteiger partial charge is 0.378 e. The molecule has 0 bridgehead atoms. The fourth-order valence-electron chi connectivity index (χ4n) is 1.76. The van der Waals surface area contributed by atoms with Gasteiger partial charge in [-0.2, -0.15) is 0 Å². The molecular formula is C14H11BrClF2N. The zero-order valence-corrected chi connectivity index (χ0v) is 12.4. The first-order valence-corrected chi connectivity index (χ1v) is 6.81. The lowest BCUT2D eigenvalue weighted by molar-refractivity contribution is 0.577. The summed E-state index contributed by atoms with van der Waals surface area (Å²) >= 11 is 9.21. The zero-order valence-electron chi connectivity index (χ0n) is 10.1. The monoisotopic (exact) mass is 345 g/mol. The summed E-state index contributed by atoms with van der Waals surface area (Å²) in [5.74, 6) is -0.892. The molecule has 0 heterocycles. The third-order valence-corrected chi connectivity index (χ3v) is 3.94. The molecule has 0 saturated carbocycles. The lowest BCUT2D eigenvalue weighted by Gasteiger charge is -2.17. The minimum atomic E-state index is -0.456. The van der Waals surface area contributed by atoms with Crippen LogP contribution in [0.15, 0.2) is 40.9 Å². The minimum absolute atomic E-state index is 0.283. The number of hydrogen-bond acceptors (Lipinski definition) is 1. The van der Waals surface area contributed by atoms with E-state index in [4.69, 9.17) is 11.6 Å². The predicted molar refractivity (Wildman–Crippen MR) is 77.5 cm³/mol. The van der Waals surface area contributed by atoms with E-state index in [1.165, 1.54) is 6.07 Å². The summed E-state index contributed by atoms with van der Waals surface area (Å²) in [5.41, 5.74) is 1.05. The Morgan fingerprint density at radius 2 is 1.89 bits per heavy atom. The first-order chi connectivity index (χ1) is 8.97. The van der Waals surface area contributed by atoms with Gasteiger partial charge in [-0.3, -0.25) is 0 Å². The highest BCUT2D eigenvalue weighted by Crippen LogP contribution is 2.28. The highest BCUT2D eigenvalue weighted by Gasteiger charge is 2.12. The summed E-state index contributed by atoms with van der Waals surface area (Å²) in [6.45, 7) is 1.76. The third kappa shape index (κ3) is 3.45. The Balaban J connectivity index is 2.22. The molecule has 0 aliphatic carbocycles. The van der Waals surface area contributed by atoms with Gasteiger partial charge in [0.2, 0.25) is 0 Å². The molecule has 1 N–H and O–H groups in total. The van der Waals surface area contributed by atoms with Crippen molar-refractivity contribution in [1.82, 2.24) is 0 Å². The first kappa shape index (κ1) is 14.3. The summed E-state index contributed by atoms with van der Waals surface area (Å²) in [6, 6.07) is 8.35. The number of anilines is 1. The van der Waals surface area contributed by atoms with Crippen molar-refractivity contribution < 1.29 is 8.78 Å². The molecule has 2 aromatic rings. The van der Waals surface area contributed by atoms with E-state index in [0.717, 1.165) is 22.3 Å². The van der Waals surface area contributed by atoms with Gasteiger partial charge in [-0.15, -0.1) is 0 Å². The Bertz CT molecular complexity index is 604. The van der Waals surface area contributed by atoms with Gasteiger partial charge in [0.05, 0.1) is 11.1 Å². The van der Waals surface area contributed by atoms with Crippen molar-refractivity contribution in [3.8, 4) is 0 Å². The molecule has 1 unspecified atom stereocenters. The Labute approximate surface area is 123 Å². The van der Waals surface area contributed by atoms with E-state index in [-0.39, 0.29) is 11.6 Å². The summed E-state index contributed by atoms with van der Waals surface area (Å²) in [5, 5.41) is 3.69. The second-order valence-corrected chi connectivity index (χ2v) is 5.42. The second kappa shape index (κ2) is 5.88. The van der Waals surface area contributed by atoms with Crippen LogP contribution >= 0.6 is 27.5 Å². The van der Waals surface area contributed by atoms with Crippen molar-refractivity contribution in [2.75, 3.05) is 5.32 Å². The van der Waals surface area contributed by atoms with Crippen molar-refractivity contribution in [2.24, 2.45) is 0 Å². The molecule has 1 nitrogen and oxygen atoms in total. The van der Waals surface area contributed by atoms with Gasteiger partial charge in [0.15, 0.2) is 0 Å². The SMILES string of the molecule is CC(Nc1ccc(Cl)c(Br)c1)c1cc(F)ccc1F. The quantitative estimate of drug-likeness (QED) is 0.768. The van der Waals surface area contributed by atoms with Crippen LogP contribution in [0.2, 0.25) is 5.02 Å². The molecule has 0 aromatic heterocycles. The number of nitrogens with one attached hydrogen (secondary N) is 1. The Hall–Kier alpha value is -1.13. The van der Waals surface area contributed by atoms with Crippen LogP contribution in [-0.2, 0) is 0 Å². The van der Waals surface area contributed by atoms with E-state index < -0.39 is 11.6 Å². The molecule has 5 heteroatoms. The van der Waals surface area contributed by atoms with Crippen molar-refractivity contribution in [2.45, 2.75) is 13.0 Å². The van der Waals surface area contributed by atoms with Crippen LogP contribution < -0.4 is 5.32 Å². The molecule has 2 rings (SSSR count). The number of hydrogen-bond donors (Lipinski definition) is 1. The molecule has 0 aliphatic heterocycles. The van der Waals surface area contributed by atoms with Gasteiger partial charge in [0, 0.05) is 15.7 Å². The van der Waals surface area contributed by atoms with Crippen LogP contribution in [-0.4, -0.2) is 0 Å². The standard InChI is InChI=1S/C14H11BrClF2N/c1-8(11-6-9(17)2-5-14(11)18)19-10-3-4-13(16)12(15)7-10/h2-8,19H,1H3. The number of benzene rings is 2. The molecule has 100 valence electrons. The average molecular weight is 347 g/mol. The maximum absolute atomic E-state index is 13.6. The van der Waals surface area contributed by atoms with E-state index in [1.807, 2.05) is 0 Å². The van der Waals surface area contributed by atoms with Gasteiger partial charge in [0.1, 0.15) is 11.6 Å². The van der Waals surface area contributed by atoms with Gasteiger partial charge in [0.25, 0.3) is 0 Å². The van der Waals surface area contributed by atoms with Crippen LogP contribution in [0.4, 0.5) is 14.5 Å². The lowest BCUT2D eigenvalue weighted by atomic mass is 10.1. The minimum Gasteiger partial charge on any atom is -0.378 e. The molecule has 0 radical (unpaired) electrons. The third-order valence-electron chi connectivity index (χ3n) is 2.73. The first-order valence-electron chi connectivity index (χ1n) is 5.64. The van der Waals surface area contributed by atoms with Crippen LogP contribution in [0, 0.1) is 11.6 Å². The summed E-state index contributed by atoms with van der Waals surface area (Å²) in [6.07, 6.45) is 0. The molecular weight excluding hydrogens is 336 g/mol. The highest BCUT2D eigenvalue weighted by molar-refractivity contribution is 9.10. The molecule has 0 saturated heterocycles. The Morgan fingerprint density at radius 3 is 2.58 bits per heavy atom. The van der Waals surface area contributed by atoms with Crippen LogP contribution in [0.3, 0.4) is 0 Å². The molecule has 0 fully saturated rings. The Morgan fingerprint density at radius 1 is 1.16 bits per heavy atom. The van der Waals surface area contributed by atoms with E-state index >= 15 is 0 Å². The zero-order chi connectivity index (χ0) is 14.0. The highest BCUT2D eigenvalue weighted by atomic mass is 79.9. The fourth-order valence-corrected chi connectivity index (χ4v) is 2.26. The molecule has 0 amide bonds. The normalized spacial score (nSPS) is 12.3. The van der Waals surface area contributed by atoms with E-state index in [1.54, 1.807) is 25.1 Å². The molecule has 19 heavy (non-hydrogen) atoms. The van der Waals surface area contributed by atoms with Gasteiger partial charge in [-0.25, -0.2) is 8.78 Å². The predicted octanol–water partition coefficient (Wildman–Crippen LogP) is 5.55. The van der Waals surface area contributed by atoms with Gasteiger partial charge >= 0.3 is 0 Å². The maximum atomic E-state index is 13.6. The van der Waals surface area contributed by atoms with Gasteiger partial charge < -0.3 is 5.32 Å².